The summed E-state index contributed by atoms with van der Waals surface area (Å²) in [5.74, 6) is 0. The number of aryl methyl sites for hydroxylation is 1. The van der Waals surface area contributed by atoms with Gasteiger partial charge in [0.25, 0.3) is 0 Å². The number of aliphatic hydroxyl groups is 1. The van der Waals surface area contributed by atoms with E-state index in [0.29, 0.717) is 4.34 Å². The highest BCUT2D eigenvalue weighted by Gasteiger charge is 2.12. The van der Waals surface area contributed by atoms with Crippen LogP contribution in [-0.4, -0.2) is 5.11 Å². The van der Waals surface area contributed by atoms with Crippen LogP contribution in [0, 0.1) is 6.92 Å². The first kappa shape index (κ1) is 10.7. The molecular weight excluding hydrogens is 228 g/mol. The Balaban J connectivity index is 2.32. The largest absolute Gasteiger partial charge is 0.383 e. The topological polar surface area (TPSA) is 20.2 Å². The average Bonchev–Trinajstić information content (AvgIpc) is 2.64. The van der Waals surface area contributed by atoms with Gasteiger partial charge in [0.15, 0.2) is 0 Å². The fourth-order valence-electron chi connectivity index (χ4n) is 1.48. The number of thiophene rings is 1. The first-order chi connectivity index (χ1) is 7.16. The second-order valence-corrected chi connectivity index (χ2v) is 5.21. The molecular formula is C12H11ClOS. The summed E-state index contributed by atoms with van der Waals surface area (Å²) in [5.41, 5.74) is 2.06. The fourth-order valence-corrected chi connectivity index (χ4v) is 2.56. The zero-order valence-electron chi connectivity index (χ0n) is 8.27. The molecule has 1 aromatic carbocycles. The smallest absolute Gasteiger partial charge is 0.113 e. The molecule has 1 heterocycles. The zero-order valence-corrected chi connectivity index (χ0v) is 9.85. The summed E-state index contributed by atoms with van der Waals surface area (Å²) in [6.07, 6.45) is -0.567. The molecule has 0 aliphatic carbocycles. The summed E-state index contributed by atoms with van der Waals surface area (Å²) in [5, 5.41) is 10.1. The van der Waals surface area contributed by atoms with E-state index in [1.807, 2.05) is 37.3 Å². The summed E-state index contributed by atoms with van der Waals surface area (Å²) in [6.45, 7) is 2.01. The van der Waals surface area contributed by atoms with Crippen LogP contribution in [-0.2, 0) is 0 Å². The number of aliphatic hydroxyl groups excluding tert-OH is 1. The van der Waals surface area contributed by atoms with Gasteiger partial charge in [-0.05, 0) is 24.6 Å². The quantitative estimate of drug-likeness (QED) is 0.844. The molecule has 1 nitrogen and oxygen atoms in total. The van der Waals surface area contributed by atoms with Crippen molar-refractivity contribution < 1.29 is 5.11 Å². The Morgan fingerprint density at radius 3 is 2.67 bits per heavy atom. The highest BCUT2D eigenvalue weighted by atomic mass is 35.5. The van der Waals surface area contributed by atoms with Gasteiger partial charge in [-0.15, -0.1) is 11.3 Å². The molecule has 15 heavy (non-hydrogen) atoms. The molecule has 78 valence electrons. The SMILES string of the molecule is Cc1cccc(C(O)c2ccc(Cl)s2)c1. The molecule has 1 N–H and O–H groups in total. The van der Waals surface area contributed by atoms with Crippen LogP contribution < -0.4 is 0 Å². The van der Waals surface area contributed by atoms with E-state index in [9.17, 15) is 5.11 Å². The molecule has 0 aliphatic rings. The lowest BCUT2D eigenvalue weighted by atomic mass is 10.1. The molecule has 2 rings (SSSR count). The minimum atomic E-state index is -0.567. The molecule has 1 aromatic heterocycles. The Kier molecular flexibility index (Phi) is 3.10. The third-order valence-electron chi connectivity index (χ3n) is 2.22. The molecule has 0 spiro atoms. The first-order valence-electron chi connectivity index (χ1n) is 4.66. The predicted molar refractivity (Wildman–Crippen MR) is 64.6 cm³/mol. The van der Waals surface area contributed by atoms with Gasteiger partial charge in [0.1, 0.15) is 6.10 Å². The highest BCUT2D eigenvalue weighted by molar-refractivity contribution is 7.16. The number of hydrogen-bond acceptors (Lipinski definition) is 2. The lowest BCUT2D eigenvalue weighted by Crippen LogP contribution is -1.96. The van der Waals surface area contributed by atoms with Gasteiger partial charge in [-0.25, -0.2) is 0 Å². The maximum atomic E-state index is 10.1. The molecule has 0 saturated carbocycles. The third kappa shape index (κ3) is 2.40. The molecule has 0 saturated heterocycles. The van der Waals surface area contributed by atoms with E-state index < -0.39 is 6.10 Å². The highest BCUT2D eigenvalue weighted by Crippen LogP contribution is 2.30. The number of benzene rings is 1. The van der Waals surface area contributed by atoms with Crippen LogP contribution in [0.5, 0.6) is 0 Å². The van der Waals surface area contributed by atoms with Gasteiger partial charge in [-0.3, -0.25) is 0 Å². The summed E-state index contributed by atoms with van der Waals surface area (Å²) in [7, 11) is 0. The number of halogens is 1. The minimum absolute atomic E-state index is 0.567. The van der Waals surface area contributed by atoms with Gasteiger partial charge in [0, 0.05) is 4.88 Å². The van der Waals surface area contributed by atoms with Gasteiger partial charge in [-0.2, -0.15) is 0 Å². The van der Waals surface area contributed by atoms with Crippen molar-refractivity contribution in [2.45, 2.75) is 13.0 Å². The molecule has 3 heteroatoms. The van der Waals surface area contributed by atoms with Crippen LogP contribution in [0.25, 0.3) is 0 Å². The standard InChI is InChI=1S/C12H11ClOS/c1-8-3-2-4-9(7-8)12(14)10-5-6-11(13)15-10/h2-7,12,14H,1H3. The van der Waals surface area contributed by atoms with Gasteiger partial charge >= 0.3 is 0 Å². The predicted octanol–water partition coefficient (Wildman–Crippen LogP) is 3.79. The molecule has 1 atom stereocenters. The van der Waals surface area contributed by atoms with Gasteiger partial charge in [-0.1, -0.05) is 41.4 Å². The van der Waals surface area contributed by atoms with Gasteiger partial charge < -0.3 is 5.11 Å². The molecule has 0 fully saturated rings. The van der Waals surface area contributed by atoms with Crippen molar-refractivity contribution in [3.8, 4) is 0 Å². The maximum absolute atomic E-state index is 10.1. The van der Waals surface area contributed by atoms with Crippen LogP contribution in [0.1, 0.15) is 22.1 Å². The maximum Gasteiger partial charge on any atom is 0.113 e. The second kappa shape index (κ2) is 4.35. The van der Waals surface area contributed by atoms with E-state index in [4.69, 9.17) is 11.6 Å². The Morgan fingerprint density at radius 2 is 2.07 bits per heavy atom. The Bertz CT molecular complexity index is 464. The first-order valence-corrected chi connectivity index (χ1v) is 5.86. The summed E-state index contributed by atoms with van der Waals surface area (Å²) in [4.78, 5) is 0.880. The summed E-state index contributed by atoms with van der Waals surface area (Å²) in [6, 6.07) is 11.5. The molecule has 0 radical (unpaired) electrons. The second-order valence-electron chi connectivity index (χ2n) is 3.46. The lowest BCUT2D eigenvalue weighted by Gasteiger charge is -2.09. The normalized spacial score (nSPS) is 12.7. The van der Waals surface area contributed by atoms with Crippen LogP contribution in [0.3, 0.4) is 0 Å². The van der Waals surface area contributed by atoms with Crippen molar-refractivity contribution in [1.82, 2.24) is 0 Å². The van der Waals surface area contributed by atoms with Crippen LogP contribution in [0.4, 0.5) is 0 Å². The molecule has 1 unspecified atom stereocenters. The van der Waals surface area contributed by atoms with Crippen LogP contribution in [0.15, 0.2) is 36.4 Å². The monoisotopic (exact) mass is 238 g/mol. The van der Waals surface area contributed by atoms with E-state index in [1.165, 1.54) is 11.3 Å². The van der Waals surface area contributed by atoms with Crippen molar-refractivity contribution >= 4 is 22.9 Å². The van der Waals surface area contributed by atoms with Crippen molar-refractivity contribution in [3.63, 3.8) is 0 Å². The Labute approximate surface area is 98.0 Å². The minimum Gasteiger partial charge on any atom is -0.383 e. The molecule has 0 amide bonds. The Hall–Kier alpha value is -0.830. The van der Waals surface area contributed by atoms with E-state index in [0.717, 1.165) is 16.0 Å². The average molecular weight is 239 g/mol. The van der Waals surface area contributed by atoms with Crippen molar-refractivity contribution in [2.24, 2.45) is 0 Å². The van der Waals surface area contributed by atoms with E-state index in [1.54, 1.807) is 6.07 Å². The van der Waals surface area contributed by atoms with E-state index in [-0.39, 0.29) is 0 Å². The summed E-state index contributed by atoms with van der Waals surface area (Å²) < 4.78 is 0.705. The van der Waals surface area contributed by atoms with Crippen LogP contribution in [0.2, 0.25) is 4.34 Å². The van der Waals surface area contributed by atoms with Crippen molar-refractivity contribution in [1.29, 1.82) is 0 Å². The van der Waals surface area contributed by atoms with Crippen molar-refractivity contribution in [3.05, 3.63) is 56.7 Å². The third-order valence-corrected chi connectivity index (χ3v) is 3.50. The van der Waals surface area contributed by atoms with E-state index >= 15 is 0 Å². The number of rotatable bonds is 2. The molecule has 2 aromatic rings. The van der Waals surface area contributed by atoms with Gasteiger partial charge in [0.2, 0.25) is 0 Å². The zero-order chi connectivity index (χ0) is 10.8. The molecule has 0 aliphatic heterocycles. The lowest BCUT2D eigenvalue weighted by molar-refractivity contribution is 0.224. The van der Waals surface area contributed by atoms with Crippen LogP contribution >= 0.6 is 22.9 Å². The fraction of sp³-hybridized carbons (Fsp3) is 0.167. The Morgan fingerprint density at radius 1 is 1.27 bits per heavy atom. The van der Waals surface area contributed by atoms with Crippen molar-refractivity contribution in [2.75, 3.05) is 0 Å². The summed E-state index contributed by atoms with van der Waals surface area (Å²) >= 11 is 7.24. The number of hydrogen-bond donors (Lipinski definition) is 1. The molecule has 0 bridgehead atoms. The van der Waals surface area contributed by atoms with E-state index in [2.05, 4.69) is 0 Å². The van der Waals surface area contributed by atoms with Gasteiger partial charge in [0.05, 0.1) is 4.34 Å².